The van der Waals surface area contributed by atoms with Gasteiger partial charge in [0.1, 0.15) is 0 Å². The predicted octanol–water partition coefficient (Wildman–Crippen LogP) is 3.83. The molecule has 0 aliphatic heterocycles. The van der Waals surface area contributed by atoms with Crippen molar-refractivity contribution >= 4 is 11.6 Å². The summed E-state index contributed by atoms with van der Waals surface area (Å²) in [5.41, 5.74) is 0. The molecule has 3 fully saturated rings. The summed E-state index contributed by atoms with van der Waals surface area (Å²) < 4.78 is 0. The third kappa shape index (κ3) is 1.79. The monoisotopic (exact) mass is 186 g/mol. The van der Waals surface area contributed by atoms with Gasteiger partial charge in [-0.25, -0.2) is 0 Å². The van der Waals surface area contributed by atoms with E-state index in [0.717, 1.165) is 23.6 Å². The Balaban J connectivity index is 1.82. The minimum Gasteiger partial charge on any atom is -0.127 e. The van der Waals surface area contributed by atoms with E-state index in [1.807, 2.05) is 0 Å². The van der Waals surface area contributed by atoms with Crippen LogP contribution in [0.1, 0.15) is 44.9 Å². The zero-order valence-electron chi connectivity index (χ0n) is 7.77. The Morgan fingerprint density at radius 1 is 1.08 bits per heavy atom. The molecule has 3 rings (SSSR count). The van der Waals surface area contributed by atoms with E-state index in [4.69, 9.17) is 11.6 Å². The van der Waals surface area contributed by atoms with Crippen molar-refractivity contribution < 1.29 is 0 Å². The number of hydrogen-bond acceptors (Lipinski definition) is 0. The first-order chi connectivity index (χ1) is 5.90. The number of fused-ring (bicyclic) bond motifs is 3. The van der Waals surface area contributed by atoms with E-state index in [1.165, 1.54) is 44.9 Å². The third-order valence-electron chi connectivity index (χ3n) is 3.90. The Kier molecular flexibility index (Phi) is 2.96. The van der Waals surface area contributed by atoms with Crippen LogP contribution in [0.25, 0.3) is 0 Å². The fourth-order valence-electron chi connectivity index (χ4n) is 3.21. The highest BCUT2D eigenvalue weighted by Gasteiger charge is 2.34. The van der Waals surface area contributed by atoms with Crippen molar-refractivity contribution in [2.45, 2.75) is 44.9 Å². The number of hydrogen-bond donors (Lipinski definition) is 0. The molecule has 3 aliphatic carbocycles. The summed E-state index contributed by atoms with van der Waals surface area (Å²) >= 11 is 5.72. The summed E-state index contributed by atoms with van der Waals surface area (Å²) in [6.45, 7) is 0. The standard InChI is InChI=1S/C11H19Cl/c12-7-1-2-11-8-9-3-5-10(11)6-4-9/h9-11H,1-8H2. The molecule has 0 nitrogen and oxygen atoms in total. The normalized spacial score (nSPS) is 40.2. The molecule has 1 heteroatoms. The van der Waals surface area contributed by atoms with Crippen LogP contribution < -0.4 is 0 Å². The van der Waals surface area contributed by atoms with Crippen LogP contribution in [0.2, 0.25) is 0 Å². The summed E-state index contributed by atoms with van der Waals surface area (Å²) in [6.07, 6.45) is 10.3. The molecule has 0 saturated heterocycles. The summed E-state index contributed by atoms with van der Waals surface area (Å²) in [7, 11) is 0. The number of rotatable bonds is 3. The van der Waals surface area contributed by atoms with Gasteiger partial charge in [-0.15, -0.1) is 11.6 Å². The lowest BCUT2D eigenvalue weighted by Crippen LogP contribution is -2.31. The van der Waals surface area contributed by atoms with Gasteiger partial charge in [-0.3, -0.25) is 0 Å². The quantitative estimate of drug-likeness (QED) is 0.588. The van der Waals surface area contributed by atoms with Gasteiger partial charge in [0.2, 0.25) is 0 Å². The molecule has 0 aromatic rings. The van der Waals surface area contributed by atoms with E-state index < -0.39 is 0 Å². The topological polar surface area (TPSA) is 0 Å². The molecule has 70 valence electrons. The molecule has 3 saturated carbocycles. The third-order valence-corrected chi connectivity index (χ3v) is 4.17. The number of alkyl halides is 1. The Bertz CT molecular complexity index is 136. The highest BCUT2D eigenvalue weighted by molar-refractivity contribution is 6.17. The largest absolute Gasteiger partial charge is 0.127 e. The van der Waals surface area contributed by atoms with Crippen molar-refractivity contribution in [1.29, 1.82) is 0 Å². The van der Waals surface area contributed by atoms with Crippen LogP contribution in [0.3, 0.4) is 0 Å². The fraction of sp³-hybridized carbons (Fsp3) is 1.00. The smallest absolute Gasteiger partial charge is 0.0223 e. The second-order valence-electron chi connectivity index (χ2n) is 4.61. The van der Waals surface area contributed by atoms with Gasteiger partial charge in [0.15, 0.2) is 0 Å². The molecule has 1 unspecified atom stereocenters. The van der Waals surface area contributed by atoms with E-state index in [2.05, 4.69) is 0 Å². The molecule has 0 aromatic carbocycles. The average Bonchev–Trinajstić information content (AvgIpc) is 2.17. The summed E-state index contributed by atoms with van der Waals surface area (Å²) in [4.78, 5) is 0. The van der Waals surface area contributed by atoms with Gasteiger partial charge < -0.3 is 0 Å². The Morgan fingerprint density at radius 2 is 1.83 bits per heavy atom. The van der Waals surface area contributed by atoms with Gasteiger partial charge >= 0.3 is 0 Å². The van der Waals surface area contributed by atoms with Crippen molar-refractivity contribution in [2.24, 2.45) is 17.8 Å². The van der Waals surface area contributed by atoms with E-state index in [1.54, 1.807) is 0 Å². The molecule has 1 atom stereocenters. The van der Waals surface area contributed by atoms with Crippen LogP contribution in [-0.2, 0) is 0 Å². The van der Waals surface area contributed by atoms with Crippen molar-refractivity contribution in [1.82, 2.24) is 0 Å². The second-order valence-corrected chi connectivity index (χ2v) is 4.99. The molecule has 12 heavy (non-hydrogen) atoms. The van der Waals surface area contributed by atoms with Crippen LogP contribution in [-0.4, -0.2) is 5.88 Å². The van der Waals surface area contributed by atoms with E-state index in [0.29, 0.717) is 0 Å². The maximum atomic E-state index is 5.72. The van der Waals surface area contributed by atoms with E-state index >= 15 is 0 Å². The van der Waals surface area contributed by atoms with Gasteiger partial charge in [-0.05, 0) is 49.9 Å². The molecular formula is C11H19Cl. The molecule has 0 spiro atoms. The molecule has 2 bridgehead atoms. The molecule has 0 aromatic heterocycles. The Labute approximate surface area is 80.7 Å². The fourth-order valence-corrected chi connectivity index (χ4v) is 3.36. The van der Waals surface area contributed by atoms with Crippen molar-refractivity contribution in [3.63, 3.8) is 0 Å². The molecular weight excluding hydrogens is 168 g/mol. The van der Waals surface area contributed by atoms with Crippen molar-refractivity contribution in [2.75, 3.05) is 5.88 Å². The van der Waals surface area contributed by atoms with Crippen LogP contribution in [0.5, 0.6) is 0 Å². The maximum Gasteiger partial charge on any atom is 0.0223 e. The highest BCUT2D eigenvalue weighted by Crippen LogP contribution is 2.46. The van der Waals surface area contributed by atoms with Gasteiger partial charge in [-0.1, -0.05) is 12.8 Å². The van der Waals surface area contributed by atoms with Gasteiger partial charge in [0.05, 0.1) is 0 Å². The van der Waals surface area contributed by atoms with Gasteiger partial charge in [0, 0.05) is 5.88 Å². The maximum absolute atomic E-state index is 5.72. The lowest BCUT2D eigenvalue weighted by atomic mass is 9.64. The van der Waals surface area contributed by atoms with E-state index in [-0.39, 0.29) is 0 Å². The number of halogens is 1. The second kappa shape index (κ2) is 4.00. The molecule has 0 N–H and O–H groups in total. The highest BCUT2D eigenvalue weighted by atomic mass is 35.5. The van der Waals surface area contributed by atoms with Crippen LogP contribution in [0, 0.1) is 17.8 Å². The molecule has 3 aliphatic rings. The average molecular weight is 187 g/mol. The van der Waals surface area contributed by atoms with Crippen LogP contribution in [0.15, 0.2) is 0 Å². The van der Waals surface area contributed by atoms with Crippen LogP contribution in [0.4, 0.5) is 0 Å². The minimum absolute atomic E-state index is 0.869. The zero-order chi connectivity index (χ0) is 8.39. The lowest BCUT2D eigenvalue weighted by molar-refractivity contribution is 0.0927. The first-order valence-corrected chi connectivity index (χ1v) is 5.99. The first kappa shape index (κ1) is 8.87. The van der Waals surface area contributed by atoms with Crippen LogP contribution >= 0.6 is 11.6 Å². The predicted molar refractivity (Wildman–Crippen MR) is 53.5 cm³/mol. The molecule has 0 radical (unpaired) electrons. The van der Waals surface area contributed by atoms with Crippen molar-refractivity contribution in [3.8, 4) is 0 Å². The molecule has 0 amide bonds. The van der Waals surface area contributed by atoms with Gasteiger partial charge in [-0.2, -0.15) is 0 Å². The zero-order valence-corrected chi connectivity index (χ0v) is 8.52. The minimum atomic E-state index is 0.869. The molecule has 0 heterocycles. The summed E-state index contributed by atoms with van der Waals surface area (Å²) in [6, 6.07) is 0. The van der Waals surface area contributed by atoms with Gasteiger partial charge in [0.25, 0.3) is 0 Å². The summed E-state index contributed by atoms with van der Waals surface area (Å²) in [5.74, 6) is 4.10. The Hall–Kier alpha value is 0.290. The SMILES string of the molecule is ClCCCC1CC2CCC1CC2. The van der Waals surface area contributed by atoms with Crippen molar-refractivity contribution in [3.05, 3.63) is 0 Å². The lowest BCUT2D eigenvalue weighted by Gasteiger charge is -2.42. The van der Waals surface area contributed by atoms with E-state index in [9.17, 15) is 0 Å². The summed E-state index contributed by atoms with van der Waals surface area (Å²) in [5, 5.41) is 0. The Morgan fingerprint density at radius 3 is 2.33 bits per heavy atom. The first-order valence-electron chi connectivity index (χ1n) is 5.46.